The summed E-state index contributed by atoms with van der Waals surface area (Å²) in [7, 11) is 0. The van der Waals surface area contributed by atoms with Crippen molar-refractivity contribution in [1.82, 2.24) is 10.2 Å². The number of ether oxygens (including phenoxy) is 1. The van der Waals surface area contributed by atoms with Crippen molar-refractivity contribution >= 4 is 40.2 Å². The van der Waals surface area contributed by atoms with E-state index in [0.29, 0.717) is 5.82 Å². The van der Waals surface area contributed by atoms with E-state index in [1.807, 2.05) is 30.3 Å². The van der Waals surface area contributed by atoms with E-state index in [9.17, 15) is 9.59 Å². The Bertz CT molecular complexity index is 844. The number of hydrogen-bond donors (Lipinski definition) is 2. The molecule has 0 bridgehead atoms. The van der Waals surface area contributed by atoms with Gasteiger partial charge < -0.3 is 4.74 Å². The molecule has 1 aromatic carbocycles. The molecule has 25 heavy (non-hydrogen) atoms. The maximum atomic E-state index is 12.1. The molecule has 9 heteroatoms. The summed E-state index contributed by atoms with van der Waals surface area (Å²) in [4.78, 5) is 27.2. The van der Waals surface area contributed by atoms with Crippen LogP contribution in [0.2, 0.25) is 0 Å². The van der Waals surface area contributed by atoms with Gasteiger partial charge in [-0.1, -0.05) is 42.1 Å². The number of rotatable bonds is 6. The summed E-state index contributed by atoms with van der Waals surface area (Å²) in [5.74, 6) is -0.331. The second kappa shape index (κ2) is 7.75. The minimum absolute atomic E-state index is 0.0399. The Labute approximate surface area is 147 Å². The number of hydrogen-bond acceptors (Lipinski definition) is 7. The Morgan fingerprint density at radius 3 is 2.88 bits per heavy atom. The van der Waals surface area contributed by atoms with Crippen molar-refractivity contribution in [3.8, 4) is 11.3 Å². The first-order chi connectivity index (χ1) is 12.2. The summed E-state index contributed by atoms with van der Waals surface area (Å²) in [5.41, 5.74) is 4.44. The molecule has 2 N–H and O–H groups in total. The fourth-order valence-electron chi connectivity index (χ4n) is 2.07. The fourth-order valence-corrected chi connectivity index (χ4v) is 2.82. The third kappa shape index (κ3) is 4.13. The van der Waals surface area contributed by atoms with E-state index in [-0.39, 0.29) is 29.0 Å². The zero-order valence-corrected chi connectivity index (χ0v) is 14.2. The molecule has 3 rings (SSSR count). The predicted molar refractivity (Wildman–Crippen MR) is 96.6 cm³/mol. The maximum Gasteiger partial charge on any atom is 0.361 e. The quantitative estimate of drug-likeness (QED) is 0.465. The van der Waals surface area contributed by atoms with E-state index in [1.54, 1.807) is 13.0 Å². The number of hydrazone groups is 1. The van der Waals surface area contributed by atoms with Crippen molar-refractivity contribution < 1.29 is 14.3 Å². The Morgan fingerprint density at radius 2 is 2.20 bits per heavy atom. The van der Waals surface area contributed by atoms with Crippen molar-refractivity contribution in [2.24, 2.45) is 10.1 Å². The van der Waals surface area contributed by atoms with Crippen LogP contribution in [0.1, 0.15) is 6.92 Å². The molecule has 1 aliphatic rings. The molecule has 2 aromatic rings. The van der Waals surface area contributed by atoms with Crippen LogP contribution in [0.5, 0.6) is 0 Å². The van der Waals surface area contributed by atoms with Crippen LogP contribution >= 0.6 is 11.8 Å². The molecule has 0 saturated carbocycles. The molecule has 0 atom stereocenters. The van der Waals surface area contributed by atoms with Crippen molar-refractivity contribution in [3.63, 3.8) is 0 Å². The Hall–Kier alpha value is -2.94. The highest BCUT2D eigenvalue weighted by Gasteiger charge is 2.26. The van der Waals surface area contributed by atoms with Gasteiger partial charge in [0.1, 0.15) is 5.04 Å². The van der Waals surface area contributed by atoms with Gasteiger partial charge >= 0.3 is 5.97 Å². The minimum Gasteiger partial charge on any atom is -0.461 e. The Balaban J connectivity index is 1.79. The van der Waals surface area contributed by atoms with Crippen molar-refractivity contribution in [1.29, 1.82) is 0 Å². The van der Waals surface area contributed by atoms with Gasteiger partial charge in [-0.3, -0.25) is 15.3 Å². The van der Waals surface area contributed by atoms with Crippen LogP contribution in [0, 0.1) is 0 Å². The monoisotopic (exact) mass is 357 g/mol. The number of nitrogens with one attached hydrogen (secondary N) is 2. The summed E-state index contributed by atoms with van der Waals surface area (Å²) in [5, 5.41) is 11.3. The Kier molecular flexibility index (Phi) is 5.24. The van der Waals surface area contributed by atoms with E-state index in [2.05, 4.69) is 25.7 Å². The zero-order valence-electron chi connectivity index (χ0n) is 13.4. The van der Waals surface area contributed by atoms with Gasteiger partial charge in [0.2, 0.25) is 5.71 Å². The molecule has 0 fully saturated rings. The number of aromatic nitrogens is 2. The molecule has 128 valence electrons. The lowest BCUT2D eigenvalue weighted by Crippen LogP contribution is -2.25. The number of aromatic amines is 1. The van der Waals surface area contributed by atoms with E-state index >= 15 is 0 Å². The zero-order chi connectivity index (χ0) is 17.6. The van der Waals surface area contributed by atoms with Crippen LogP contribution in [0.4, 0.5) is 5.82 Å². The number of benzene rings is 1. The highest BCUT2D eigenvalue weighted by molar-refractivity contribution is 8.17. The van der Waals surface area contributed by atoms with Gasteiger partial charge in [-0.05, 0) is 12.5 Å². The molecule has 0 spiro atoms. The lowest BCUT2D eigenvalue weighted by molar-refractivity contribution is -0.134. The van der Waals surface area contributed by atoms with Crippen LogP contribution in [-0.2, 0) is 14.3 Å². The third-order valence-electron chi connectivity index (χ3n) is 3.17. The molecule has 1 aromatic heterocycles. The topological polar surface area (TPSA) is 109 Å². The van der Waals surface area contributed by atoms with Crippen LogP contribution in [0.25, 0.3) is 11.3 Å². The summed E-state index contributed by atoms with van der Waals surface area (Å²) in [6.07, 6.45) is 0. The van der Waals surface area contributed by atoms with Crippen molar-refractivity contribution in [2.45, 2.75) is 6.92 Å². The number of anilines is 1. The normalized spacial score (nSPS) is 14.4. The molecule has 0 radical (unpaired) electrons. The molecule has 1 amide bonds. The van der Waals surface area contributed by atoms with Gasteiger partial charge in [-0.2, -0.15) is 10.2 Å². The largest absolute Gasteiger partial charge is 0.461 e. The second-order valence-corrected chi connectivity index (χ2v) is 5.89. The van der Waals surface area contributed by atoms with E-state index in [4.69, 9.17) is 4.74 Å². The summed E-state index contributed by atoms with van der Waals surface area (Å²) >= 11 is 1.15. The van der Waals surface area contributed by atoms with Crippen LogP contribution in [0.3, 0.4) is 0 Å². The van der Waals surface area contributed by atoms with Gasteiger partial charge in [-0.15, -0.1) is 0 Å². The number of esters is 1. The van der Waals surface area contributed by atoms with Crippen molar-refractivity contribution in [3.05, 3.63) is 36.4 Å². The number of H-pyrrole nitrogens is 1. The SMILES string of the molecule is CCOC(=O)/C(=N\Nc1cc(-c2ccccc2)[nH]n1)C1=NC(=O)CS1. The summed E-state index contributed by atoms with van der Waals surface area (Å²) in [6.45, 7) is 1.89. The van der Waals surface area contributed by atoms with Gasteiger partial charge in [0.15, 0.2) is 5.82 Å². The van der Waals surface area contributed by atoms with Crippen molar-refractivity contribution in [2.75, 3.05) is 17.8 Å². The lowest BCUT2D eigenvalue weighted by atomic mass is 10.2. The highest BCUT2D eigenvalue weighted by Crippen LogP contribution is 2.20. The van der Waals surface area contributed by atoms with Crippen LogP contribution < -0.4 is 5.43 Å². The number of aliphatic imine (C=N–C) groups is 1. The second-order valence-electron chi connectivity index (χ2n) is 4.92. The third-order valence-corrected chi connectivity index (χ3v) is 4.12. The number of thioether (sulfide) groups is 1. The number of carbonyl (C=O) groups is 2. The Morgan fingerprint density at radius 1 is 1.40 bits per heavy atom. The highest BCUT2D eigenvalue weighted by atomic mass is 32.2. The summed E-state index contributed by atoms with van der Waals surface area (Å²) < 4.78 is 4.97. The molecular formula is C16H15N5O3S. The minimum atomic E-state index is -0.644. The molecule has 8 nitrogen and oxygen atoms in total. The maximum absolute atomic E-state index is 12.1. The molecule has 2 heterocycles. The van der Waals surface area contributed by atoms with Gasteiger partial charge in [0, 0.05) is 6.07 Å². The van der Waals surface area contributed by atoms with Gasteiger partial charge in [0.25, 0.3) is 5.91 Å². The van der Waals surface area contributed by atoms with E-state index < -0.39 is 5.97 Å². The average molecular weight is 357 g/mol. The molecule has 0 unspecified atom stereocenters. The summed E-state index contributed by atoms with van der Waals surface area (Å²) in [6, 6.07) is 11.4. The smallest absolute Gasteiger partial charge is 0.361 e. The first-order valence-electron chi connectivity index (χ1n) is 7.53. The molecular weight excluding hydrogens is 342 g/mol. The average Bonchev–Trinajstić information content (AvgIpc) is 3.26. The first kappa shape index (κ1) is 16.9. The molecule has 0 aliphatic carbocycles. The van der Waals surface area contributed by atoms with Gasteiger partial charge in [-0.25, -0.2) is 9.79 Å². The fraction of sp³-hybridized carbons (Fsp3) is 0.188. The molecule has 1 aliphatic heterocycles. The lowest BCUT2D eigenvalue weighted by Gasteiger charge is -2.04. The van der Waals surface area contributed by atoms with Crippen LogP contribution in [0.15, 0.2) is 46.5 Å². The van der Waals surface area contributed by atoms with Crippen LogP contribution in [-0.4, -0.2) is 45.2 Å². The predicted octanol–water partition coefficient (Wildman–Crippen LogP) is 2.08. The van der Waals surface area contributed by atoms with E-state index in [0.717, 1.165) is 23.0 Å². The molecule has 0 saturated heterocycles. The van der Waals surface area contributed by atoms with Gasteiger partial charge in [0.05, 0.1) is 18.1 Å². The number of nitrogens with zero attached hydrogens (tertiary/aromatic N) is 3. The standard InChI is InChI=1S/C16H15N5O3S/c1-2-24-16(23)14(15-17-13(22)9-25-15)21-20-12-8-11(18-19-12)10-6-4-3-5-7-10/h3-8H,2,9H2,1H3,(H2,18,19,20)/b21-14-. The number of carbonyl (C=O) groups excluding carboxylic acids is 2. The number of amides is 1. The van der Waals surface area contributed by atoms with E-state index in [1.165, 1.54) is 0 Å². The first-order valence-corrected chi connectivity index (χ1v) is 8.52.